The van der Waals surface area contributed by atoms with Gasteiger partial charge in [0, 0.05) is 27.7 Å². The van der Waals surface area contributed by atoms with Crippen molar-refractivity contribution in [3.63, 3.8) is 0 Å². The van der Waals surface area contributed by atoms with E-state index in [1.165, 1.54) is 5.56 Å². The number of aromatic nitrogens is 3. The molecule has 2 rings (SSSR count). The van der Waals surface area contributed by atoms with Crippen LogP contribution in [-0.4, -0.2) is 42.6 Å². The van der Waals surface area contributed by atoms with Gasteiger partial charge in [0.05, 0.1) is 0 Å². The van der Waals surface area contributed by atoms with Crippen LogP contribution in [0, 0.1) is 0 Å². The Hall–Kier alpha value is -2.37. The molecule has 6 heteroatoms. The molecule has 0 saturated carbocycles. The first-order valence-electron chi connectivity index (χ1n) is 6.59. The van der Waals surface area contributed by atoms with Crippen molar-refractivity contribution < 1.29 is 0 Å². The lowest BCUT2D eigenvalue weighted by Crippen LogP contribution is -2.23. The number of anilines is 3. The van der Waals surface area contributed by atoms with Crippen molar-refractivity contribution in [2.75, 3.05) is 43.2 Å². The molecule has 0 spiro atoms. The van der Waals surface area contributed by atoms with Crippen molar-refractivity contribution in [2.24, 2.45) is 0 Å². The van der Waals surface area contributed by atoms with Gasteiger partial charge in [0.15, 0.2) is 0 Å². The maximum absolute atomic E-state index is 4.36. The average molecular weight is 272 g/mol. The largest absolute Gasteiger partial charge is 0.357 e. The molecule has 0 fully saturated rings. The van der Waals surface area contributed by atoms with Crippen LogP contribution < -0.4 is 15.5 Å². The van der Waals surface area contributed by atoms with Crippen LogP contribution in [0.25, 0.3) is 0 Å². The number of hydrogen-bond donors (Lipinski definition) is 2. The Labute approximate surface area is 119 Å². The topological polar surface area (TPSA) is 66.0 Å². The molecule has 2 N–H and O–H groups in total. The van der Waals surface area contributed by atoms with E-state index >= 15 is 0 Å². The molecule has 0 aliphatic rings. The van der Waals surface area contributed by atoms with Crippen molar-refractivity contribution in [2.45, 2.75) is 6.42 Å². The number of likely N-dealkylation sites (N-methyl/N-ethyl adjacent to an activating group) is 1. The van der Waals surface area contributed by atoms with Gasteiger partial charge in [-0.25, -0.2) is 0 Å². The van der Waals surface area contributed by atoms with E-state index < -0.39 is 0 Å². The average Bonchev–Trinajstić information content (AvgIpc) is 2.52. The molecule has 1 heterocycles. The van der Waals surface area contributed by atoms with Gasteiger partial charge in [-0.3, -0.25) is 0 Å². The summed E-state index contributed by atoms with van der Waals surface area (Å²) < 4.78 is 0. The van der Waals surface area contributed by atoms with Gasteiger partial charge in [0.1, 0.15) is 0 Å². The number of nitrogens with zero attached hydrogens (tertiary/aromatic N) is 4. The van der Waals surface area contributed by atoms with E-state index in [0.717, 1.165) is 13.0 Å². The number of benzene rings is 1. The molecule has 0 aliphatic carbocycles. The van der Waals surface area contributed by atoms with Crippen LogP contribution in [0.1, 0.15) is 5.56 Å². The zero-order valence-electron chi connectivity index (χ0n) is 12.1. The minimum Gasteiger partial charge on any atom is -0.357 e. The van der Waals surface area contributed by atoms with E-state index in [-0.39, 0.29) is 0 Å². The third-order valence-corrected chi connectivity index (χ3v) is 2.99. The minimum atomic E-state index is 0.561. The summed E-state index contributed by atoms with van der Waals surface area (Å²) in [4.78, 5) is 15.0. The maximum atomic E-state index is 4.36. The Balaban J connectivity index is 2.06. The highest BCUT2D eigenvalue weighted by Crippen LogP contribution is 2.12. The molecule has 0 unspecified atom stereocenters. The lowest BCUT2D eigenvalue weighted by Gasteiger charge is -2.18. The van der Waals surface area contributed by atoms with Crippen LogP contribution >= 0.6 is 0 Å². The Morgan fingerprint density at radius 2 is 1.55 bits per heavy atom. The van der Waals surface area contributed by atoms with Crippen LogP contribution in [-0.2, 0) is 6.42 Å². The highest BCUT2D eigenvalue weighted by molar-refractivity contribution is 5.42. The second-order valence-electron chi connectivity index (χ2n) is 4.44. The second kappa shape index (κ2) is 6.70. The first-order valence-corrected chi connectivity index (χ1v) is 6.59. The van der Waals surface area contributed by atoms with Gasteiger partial charge in [-0.05, 0) is 12.0 Å². The summed E-state index contributed by atoms with van der Waals surface area (Å²) >= 11 is 0. The molecule has 6 nitrogen and oxygen atoms in total. The fraction of sp³-hybridized carbons (Fsp3) is 0.357. The first-order chi connectivity index (χ1) is 9.72. The van der Waals surface area contributed by atoms with Crippen molar-refractivity contribution in [3.8, 4) is 0 Å². The van der Waals surface area contributed by atoms with Gasteiger partial charge < -0.3 is 15.5 Å². The lowest BCUT2D eigenvalue weighted by molar-refractivity contribution is 0.831. The fourth-order valence-corrected chi connectivity index (χ4v) is 1.80. The Bertz CT molecular complexity index is 520. The number of nitrogens with one attached hydrogen (secondary N) is 2. The highest BCUT2D eigenvalue weighted by atomic mass is 15.3. The van der Waals surface area contributed by atoms with Gasteiger partial charge in [0.25, 0.3) is 0 Å². The van der Waals surface area contributed by atoms with Crippen LogP contribution in [0.3, 0.4) is 0 Å². The molecule has 0 amide bonds. The first kappa shape index (κ1) is 14.0. The summed E-state index contributed by atoms with van der Waals surface area (Å²) in [5.41, 5.74) is 1.30. The monoisotopic (exact) mass is 272 g/mol. The molecule has 0 bridgehead atoms. The van der Waals surface area contributed by atoms with Crippen molar-refractivity contribution in [3.05, 3.63) is 35.9 Å². The van der Waals surface area contributed by atoms with E-state index in [2.05, 4.69) is 49.9 Å². The normalized spacial score (nSPS) is 10.2. The quantitative estimate of drug-likeness (QED) is 0.833. The molecule has 0 aliphatic heterocycles. The number of rotatable bonds is 6. The SMILES string of the molecule is CNc1nc(NC)nc(N(C)CCc2ccccc2)n1. The highest BCUT2D eigenvalue weighted by Gasteiger charge is 2.09. The lowest BCUT2D eigenvalue weighted by atomic mass is 10.1. The van der Waals surface area contributed by atoms with E-state index in [9.17, 15) is 0 Å². The van der Waals surface area contributed by atoms with E-state index in [1.54, 1.807) is 14.1 Å². The molecule has 0 atom stereocenters. The molecule has 0 radical (unpaired) electrons. The predicted molar refractivity (Wildman–Crippen MR) is 82.3 cm³/mol. The molecule has 2 aromatic rings. The zero-order valence-corrected chi connectivity index (χ0v) is 12.1. The molecule has 20 heavy (non-hydrogen) atoms. The predicted octanol–water partition coefficient (Wildman–Crippen LogP) is 1.63. The van der Waals surface area contributed by atoms with Crippen LogP contribution in [0.15, 0.2) is 30.3 Å². The Morgan fingerprint density at radius 1 is 0.950 bits per heavy atom. The molecule has 1 aromatic carbocycles. The van der Waals surface area contributed by atoms with Gasteiger partial charge >= 0.3 is 0 Å². The Kier molecular flexibility index (Phi) is 4.70. The van der Waals surface area contributed by atoms with Crippen LogP contribution in [0.4, 0.5) is 17.8 Å². The van der Waals surface area contributed by atoms with Crippen molar-refractivity contribution in [1.82, 2.24) is 15.0 Å². The smallest absolute Gasteiger partial charge is 0.231 e. The maximum Gasteiger partial charge on any atom is 0.231 e. The Morgan fingerprint density at radius 3 is 2.10 bits per heavy atom. The summed E-state index contributed by atoms with van der Waals surface area (Å²) in [5.74, 6) is 1.78. The van der Waals surface area contributed by atoms with Gasteiger partial charge in [-0.15, -0.1) is 0 Å². The van der Waals surface area contributed by atoms with Crippen LogP contribution in [0.5, 0.6) is 0 Å². The van der Waals surface area contributed by atoms with Crippen molar-refractivity contribution >= 4 is 17.8 Å². The van der Waals surface area contributed by atoms with Crippen LogP contribution in [0.2, 0.25) is 0 Å². The third kappa shape index (κ3) is 3.57. The summed E-state index contributed by atoms with van der Waals surface area (Å²) in [7, 11) is 5.57. The van der Waals surface area contributed by atoms with E-state index in [0.29, 0.717) is 17.8 Å². The number of hydrogen-bond acceptors (Lipinski definition) is 6. The molecular formula is C14H20N6. The summed E-state index contributed by atoms with van der Waals surface area (Å²) in [6.45, 7) is 0.848. The molecule has 1 aromatic heterocycles. The second-order valence-corrected chi connectivity index (χ2v) is 4.44. The summed E-state index contributed by atoms with van der Waals surface area (Å²) in [5, 5.41) is 5.88. The van der Waals surface area contributed by atoms with E-state index in [1.807, 2.05) is 18.0 Å². The summed E-state index contributed by atoms with van der Waals surface area (Å²) in [6.07, 6.45) is 0.951. The standard InChI is InChI=1S/C14H20N6/c1-15-12-17-13(16-2)19-14(18-12)20(3)10-9-11-7-5-4-6-8-11/h4-8H,9-10H2,1-3H3,(H2,15,16,17,18,19). The zero-order chi connectivity index (χ0) is 14.4. The minimum absolute atomic E-state index is 0.561. The fourth-order valence-electron chi connectivity index (χ4n) is 1.80. The van der Waals surface area contributed by atoms with Gasteiger partial charge in [0.2, 0.25) is 17.8 Å². The summed E-state index contributed by atoms with van der Waals surface area (Å²) in [6, 6.07) is 10.4. The van der Waals surface area contributed by atoms with Crippen molar-refractivity contribution in [1.29, 1.82) is 0 Å². The van der Waals surface area contributed by atoms with E-state index in [4.69, 9.17) is 0 Å². The molecule has 0 saturated heterocycles. The van der Waals surface area contributed by atoms with Gasteiger partial charge in [-0.1, -0.05) is 30.3 Å². The third-order valence-electron chi connectivity index (χ3n) is 2.99. The molecular weight excluding hydrogens is 252 g/mol. The van der Waals surface area contributed by atoms with Gasteiger partial charge in [-0.2, -0.15) is 15.0 Å². The molecule has 106 valence electrons.